The molecule has 0 bridgehead atoms. The van der Waals surface area contributed by atoms with Crippen molar-refractivity contribution in [1.29, 1.82) is 0 Å². The molecule has 0 spiro atoms. The summed E-state index contributed by atoms with van der Waals surface area (Å²) in [6, 6.07) is 3.84. The molecule has 0 aliphatic carbocycles. The van der Waals surface area contributed by atoms with Crippen LogP contribution in [0.5, 0.6) is 0 Å². The first-order valence-electron chi connectivity index (χ1n) is 9.49. The largest absolute Gasteiger partial charge is 0.444 e. The predicted molar refractivity (Wildman–Crippen MR) is 107 cm³/mol. The molecule has 1 saturated heterocycles. The van der Waals surface area contributed by atoms with E-state index in [2.05, 4.69) is 10.00 Å². The van der Waals surface area contributed by atoms with Crippen LogP contribution in [0.1, 0.15) is 33.3 Å². The lowest BCUT2D eigenvalue weighted by molar-refractivity contribution is -0.390. The molecule has 9 nitrogen and oxygen atoms in total. The minimum Gasteiger partial charge on any atom is -0.444 e. The van der Waals surface area contributed by atoms with Gasteiger partial charge in [0.15, 0.2) is 0 Å². The second kappa shape index (κ2) is 7.29. The lowest BCUT2D eigenvalue weighted by atomic mass is 10.1. The molecule has 1 aliphatic rings. The third kappa shape index (κ3) is 3.88. The number of aryl methyl sites for hydroxylation is 2. The second-order valence-corrected chi connectivity index (χ2v) is 8.01. The number of hydrogen-bond donors (Lipinski definition) is 0. The quantitative estimate of drug-likeness (QED) is 0.590. The molecule has 28 heavy (non-hydrogen) atoms. The molecule has 2 aromatic rings. The van der Waals surface area contributed by atoms with Crippen LogP contribution in [0.4, 0.5) is 16.3 Å². The number of nitrogens with zero attached hydrogens (tertiary/aromatic N) is 5. The summed E-state index contributed by atoms with van der Waals surface area (Å²) in [6.07, 6.45) is -0.307. The van der Waals surface area contributed by atoms with Crippen molar-refractivity contribution in [1.82, 2.24) is 14.7 Å². The van der Waals surface area contributed by atoms with E-state index in [1.807, 2.05) is 46.8 Å². The van der Waals surface area contributed by atoms with Gasteiger partial charge in [0.05, 0.1) is 0 Å². The smallest absolute Gasteiger partial charge is 0.410 e. The number of hydrogen-bond acceptors (Lipinski definition) is 6. The standard InChI is InChI=1S/C19H27N5O4/c1-6-23-17(24(26)27)15-12-14(11-13(2)16(15)20-23)21-7-9-22(10-8-21)18(25)28-19(3,4)5/h11-12H,6-10H2,1-5H3. The predicted octanol–water partition coefficient (Wildman–Crippen LogP) is 3.33. The minimum absolute atomic E-state index is 0.0230. The van der Waals surface area contributed by atoms with Crippen LogP contribution in [-0.4, -0.2) is 57.5 Å². The molecule has 0 N–H and O–H groups in total. The highest BCUT2D eigenvalue weighted by atomic mass is 16.6. The monoisotopic (exact) mass is 389 g/mol. The molecule has 0 unspecified atom stereocenters. The average Bonchev–Trinajstić information content (AvgIpc) is 3.00. The summed E-state index contributed by atoms with van der Waals surface area (Å²) in [5.74, 6) is 0.0230. The van der Waals surface area contributed by atoms with E-state index >= 15 is 0 Å². The Kier molecular flexibility index (Phi) is 5.18. The molecule has 0 saturated carbocycles. The molecule has 0 atom stereocenters. The number of aromatic nitrogens is 2. The lowest BCUT2D eigenvalue weighted by Gasteiger charge is -2.36. The Hall–Kier alpha value is -2.84. The van der Waals surface area contributed by atoms with Gasteiger partial charge in [0.2, 0.25) is 0 Å². The summed E-state index contributed by atoms with van der Waals surface area (Å²) in [4.78, 5) is 27.3. The van der Waals surface area contributed by atoms with Crippen molar-refractivity contribution in [3.05, 3.63) is 27.8 Å². The van der Waals surface area contributed by atoms with E-state index in [-0.39, 0.29) is 16.8 Å². The van der Waals surface area contributed by atoms with E-state index in [1.54, 1.807) is 4.90 Å². The second-order valence-electron chi connectivity index (χ2n) is 8.01. The summed E-state index contributed by atoms with van der Waals surface area (Å²) in [7, 11) is 0. The number of piperazine rings is 1. The summed E-state index contributed by atoms with van der Waals surface area (Å²) < 4.78 is 6.87. The van der Waals surface area contributed by atoms with Gasteiger partial charge in [0, 0.05) is 31.9 Å². The molecule has 9 heteroatoms. The van der Waals surface area contributed by atoms with Gasteiger partial charge >= 0.3 is 11.9 Å². The lowest BCUT2D eigenvalue weighted by Crippen LogP contribution is -2.50. The van der Waals surface area contributed by atoms with Gasteiger partial charge in [-0.1, -0.05) is 5.10 Å². The maximum atomic E-state index is 12.2. The fraction of sp³-hybridized carbons (Fsp3) is 0.579. The molecule has 1 aromatic carbocycles. The Morgan fingerprint density at radius 3 is 2.43 bits per heavy atom. The van der Waals surface area contributed by atoms with Gasteiger partial charge in [-0.25, -0.2) is 4.79 Å². The zero-order valence-electron chi connectivity index (χ0n) is 17.1. The van der Waals surface area contributed by atoms with Crippen molar-refractivity contribution in [3.63, 3.8) is 0 Å². The zero-order valence-corrected chi connectivity index (χ0v) is 17.1. The Bertz CT molecular complexity index is 907. The normalized spacial score (nSPS) is 15.2. The summed E-state index contributed by atoms with van der Waals surface area (Å²) in [6.45, 7) is 12.1. The molecule has 1 amide bonds. The van der Waals surface area contributed by atoms with Gasteiger partial charge in [-0.2, -0.15) is 0 Å². The third-order valence-electron chi connectivity index (χ3n) is 4.76. The number of anilines is 1. The summed E-state index contributed by atoms with van der Waals surface area (Å²) in [5, 5.41) is 16.5. The van der Waals surface area contributed by atoms with Gasteiger partial charge in [-0.05, 0) is 57.2 Å². The third-order valence-corrected chi connectivity index (χ3v) is 4.76. The van der Waals surface area contributed by atoms with E-state index in [1.165, 1.54) is 4.68 Å². The van der Waals surface area contributed by atoms with Crippen molar-refractivity contribution in [3.8, 4) is 0 Å². The molecule has 0 radical (unpaired) electrons. The van der Waals surface area contributed by atoms with Crippen molar-refractivity contribution in [2.75, 3.05) is 31.1 Å². The molecule has 1 aliphatic heterocycles. The number of fused-ring (bicyclic) bond motifs is 1. The van der Waals surface area contributed by atoms with E-state index < -0.39 is 5.60 Å². The fourth-order valence-electron chi connectivity index (χ4n) is 3.44. The van der Waals surface area contributed by atoms with Gasteiger partial charge < -0.3 is 24.7 Å². The van der Waals surface area contributed by atoms with Crippen LogP contribution in [0, 0.1) is 17.0 Å². The van der Waals surface area contributed by atoms with Crippen molar-refractivity contribution >= 4 is 28.5 Å². The van der Waals surface area contributed by atoms with E-state index in [0.717, 1.165) is 11.3 Å². The first kappa shape index (κ1) is 19.9. The highest BCUT2D eigenvalue weighted by Crippen LogP contribution is 2.32. The SMILES string of the molecule is CCn1nc2c(C)cc(N3CCN(C(=O)OC(C)(C)C)CC3)cc2c1[N+](=O)[O-]. The highest BCUT2D eigenvalue weighted by Gasteiger charge is 2.28. The van der Waals surface area contributed by atoms with Gasteiger partial charge in [0.1, 0.15) is 23.0 Å². The summed E-state index contributed by atoms with van der Waals surface area (Å²) >= 11 is 0. The molecule has 1 fully saturated rings. The van der Waals surface area contributed by atoms with Crippen molar-refractivity contribution in [2.24, 2.45) is 0 Å². The number of amides is 1. The molecular weight excluding hydrogens is 362 g/mol. The fourth-order valence-corrected chi connectivity index (χ4v) is 3.44. The van der Waals surface area contributed by atoms with E-state index in [4.69, 9.17) is 4.74 Å². The number of rotatable bonds is 3. The number of carbonyl (C=O) groups is 1. The van der Waals surface area contributed by atoms with Gasteiger partial charge in [0.25, 0.3) is 0 Å². The van der Waals surface area contributed by atoms with Gasteiger partial charge in [-0.15, -0.1) is 4.68 Å². The first-order valence-corrected chi connectivity index (χ1v) is 9.49. The number of nitro groups is 1. The Balaban J connectivity index is 1.83. The van der Waals surface area contributed by atoms with Crippen molar-refractivity contribution < 1.29 is 14.5 Å². The van der Waals surface area contributed by atoms with Crippen LogP contribution in [0.15, 0.2) is 12.1 Å². The number of carbonyl (C=O) groups excluding carboxylic acids is 1. The highest BCUT2D eigenvalue weighted by molar-refractivity contribution is 5.92. The number of ether oxygens (including phenoxy) is 1. The molecule has 2 heterocycles. The van der Waals surface area contributed by atoms with E-state index in [9.17, 15) is 14.9 Å². The molecular formula is C19H27N5O4. The Morgan fingerprint density at radius 2 is 1.89 bits per heavy atom. The maximum Gasteiger partial charge on any atom is 0.410 e. The van der Waals surface area contributed by atoms with Crippen molar-refractivity contribution in [2.45, 2.75) is 46.8 Å². The molecule has 3 rings (SSSR count). The minimum atomic E-state index is -0.519. The zero-order chi connectivity index (χ0) is 20.6. The molecule has 152 valence electrons. The van der Waals surface area contributed by atoms with Gasteiger partial charge in [-0.3, -0.25) is 0 Å². The average molecular weight is 389 g/mol. The van der Waals surface area contributed by atoms with Crippen LogP contribution < -0.4 is 4.90 Å². The Labute approximate surface area is 164 Å². The van der Waals surface area contributed by atoms with E-state index in [0.29, 0.717) is 43.6 Å². The van der Waals surface area contributed by atoms with Crippen LogP contribution in [-0.2, 0) is 11.3 Å². The molecule has 1 aromatic heterocycles. The number of benzene rings is 1. The Morgan fingerprint density at radius 1 is 1.25 bits per heavy atom. The van der Waals surface area contributed by atoms with Crippen LogP contribution >= 0.6 is 0 Å². The van der Waals surface area contributed by atoms with Crippen LogP contribution in [0.2, 0.25) is 0 Å². The topological polar surface area (TPSA) is 93.7 Å². The maximum absolute atomic E-state index is 12.2. The summed E-state index contributed by atoms with van der Waals surface area (Å²) in [5.41, 5.74) is 1.95. The van der Waals surface area contributed by atoms with Crippen LogP contribution in [0.3, 0.4) is 0 Å². The van der Waals surface area contributed by atoms with Crippen LogP contribution in [0.25, 0.3) is 10.9 Å². The first-order chi connectivity index (χ1) is 13.1.